The Labute approximate surface area is 86.5 Å². The minimum atomic E-state index is 0.729. The molecular weight excluding hydrogens is 209 g/mol. The molecule has 70 valence electrons. The Morgan fingerprint density at radius 2 is 1.31 bits per heavy atom. The SMILES string of the molecule is C[C](N)=[Mn].[C-]#[O+].[C-]#[O+].[CH]1C=CC=C1. The van der Waals surface area contributed by atoms with Crippen LogP contribution in [0.4, 0.5) is 0 Å². The second kappa shape index (κ2) is 22.5. The van der Waals surface area contributed by atoms with Crippen molar-refractivity contribution in [1.82, 2.24) is 0 Å². The van der Waals surface area contributed by atoms with E-state index < -0.39 is 0 Å². The largest absolute Gasteiger partial charge is 0.0767 e. The maximum Gasteiger partial charge on any atom is 0.00506 e. The summed E-state index contributed by atoms with van der Waals surface area (Å²) in [5.74, 6) is 0. The van der Waals surface area contributed by atoms with Gasteiger partial charge in [-0.05, 0) is 0 Å². The molecule has 0 saturated carbocycles. The molecule has 1 aliphatic rings. The topological polar surface area (TPSA) is 65.8 Å². The first-order valence-electron chi connectivity index (χ1n) is 3.05. The van der Waals surface area contributed by atoms with E-state index in [4.69, 9.17) is 15.0 Å². The molecule has 0 atom stereocenters. The quantitative estimate of drug-likeness (QED) is 0.367. The van der Waals surface area contributed by atoms with Crippen molar-refractivity contribution >= 4 is 4.54 Å². The van der Waals surface area contributed by atoms with Crippen LogP contribution in [-0.2, 0) is 24.9 Å². The Morgan fingerprint density at radius 1 is 1.08 bits per heavy atom. The smallest absolute Gasteiger partial charge is 0.00506 e. The molecule has 2 N–H and O–H groups in total. The molecule has 4 heteroatoms. The van der Waals surface area contributed by atoms with Gasteiger partial charge in [0.05, 0.1) is 0 Å². The zero-order valence-electron chi connectivity index (χ0n) is 7.16. The molecule has 0 heterocycles. The maximum atomic E-state index is 7.50. The fourth-order valence-corrected chi connectivity index (χ4v) is 0.321. The van der Waals surface area contributed by atoms with Crippen LogP contribution in [0.15, 0.2) is 24.3 Å². The molecule has 0 unspecified atom stereocenters. The van der Waals surface area contributed by atoms with Gasteiger partial charge in [0.15, 0.2) is 0 Å². The fraction of sp³-hybridized carbons (Fsp3) is 0.111. The summed E-state index contributed by atoms with van der Waals surface area (Å²) in [4.78, 5) is 0. The normalized spacial score (nSPS) is 9.08. The van der Waals surface area contributed by atoms with Gasteiger partial charge in [0.25, 0.3) is 0 Å². The molecule has 0 aliphatic heterocycles. The van der Waals surface area contributed by atoms with Crippen LogP contribution >= 0.6 is 0 Å². The second-order valence-electron chi connectivity index (χ2n) is 1.55. The van der Waals surface area contributed by atoms with Gasteiger partial charge in [-0.3, -0.25) is 0 Å². The van der Waals surface area contributed by atoms with Crippen molar-refractivity contribution in [3.8, 4) is 0 Å². The summed E-state index contributed by atoms with van der Waals surface area (Å²) in [7, 11) is 0. The number of hydrogen-bond donors (Lipinski definition) is 1. The van der Waals surface area contributed by atoms with Gasteiger partial charge in [0.1, 0.15) is 0 Å². The van der Waals surface area contributed by atoms with Crippen molar-refractivity contribution in [2.24, 2.45) is 5.73 Å². The van der Waals surface area contributed by atoms with Crippen LogP contribution in [0.1, 0.15) is 6.92 Å². The summed E-state index contributed by atoms with van der Waals surface area (Å²) < 4.78 is 15.7. The first-order valence-corrected chi connectivity index (χ1v) is 3.64. The first kappa shape index (κ1) is 18.2. The summed E-state index contributed by atoms with van der Waals surface area (Å²) in [6.07, 6.45) is 10.0. The van der Waals surface area contributed by atoms with Gasteiger partial charge in [-0.15, -0.1) is 0 Å². The van der Waals surface area contributed by atoms with E-state index in [-0.39, 0.29) is 0 Å². The van der Waals surface area contributed by atoms with Gasteiger partial charge >= 0.3 is 55.4 Å². The van der Waals surface area contributed by atoms with Crippen molar-refractivity contribution in [3.05, 3.63) is 44.0 Å². The molecule has 0 aromatic rings. The Kier molecular flexibility index (Phi) is 31.4. The van der Waals surface area contributed by atoms with Crippen LogP contribution in [-0.4, -0.2) is 4.54 Å². The Morgan fingerprint density at radius 3 is 1.38 bits per heavy atom. The minimum absolute atomic E-state index is 0.729. The predicted octanol–water partition coefficient (Wildman–Crippen LogP) is 0.883. The molecule has 3 nitrogen and oxygen atoms in total. The molecule has 0 saturated heterocycles. The van der Waals surface area contributed by atoms with Crippen LogP contribution in [0.5, 0.6) is 0 Å². The average molecular weight is 219 g/mol. The van der Waals surface area contributed by atoms with E-state index in [0.29, 0.717) is 0 Å². The zero-order chi connectivity index (χ0) is 11.1. The third-order valence-electron chi connectivity index (χ3n) is 0.556. The molecule has 0 spiro atoms. The van der Waals surface area contributed by atoms with E-state index in [1.807, 2.05) is 30.7 Å². The summed E-state index contributed by atoms with van der Waals surface area (Å²) in [5.41, 5.74) is 4.94. The second-order valence-corrected chi connectivity index (χ2v) is 2.48. The molecule has 1 radical (unpaired) electrons. The number of allylic oxidation sites excluding steroid dienone is 4. The average Bonchev–Trinajstić information content (AvgIpc) is 2.67. The maximum absolute atomic E-state index is 7.50. The zero-order valence-corrected chi connectivity index (χ0v) is 8.34. The third-order valence-corrected chi connectivity index (χ3v) is 0.556. The van der Waals surface area contributed by atoms with Gasteiger partial charge in [-0.1, -0.05) is 24.3 Å². The van der Waals surface area contributed by atoms with Crippen LogP contribution in [0.2, 0.25) is 0 Å². The van der Waals surface area contributed by atoms with E-state index in [1.54, 1.807) is 6.92 Å². The molecule has 13 heavy (non-hydrogen) atoms. The number of rotatable bonds is 0. The van der Waals surface area contributed by atoms with E-state index >= 15 is 0 Å². The third kappa shape index (κ3) is 52.8. The van der Waals surface area contributed by atoms with Crippen molar-refractivity contribution in [2.75, 3.05) is 0 Å². The Hall–Kier alpha value is -0.691. The summed E-state index contributed by atoms with van der Waals surface area (Å²) in [5, 5.41) is 0. The Bertz CT molecular complexity index is 184. The van der Waals surface area contributed by atoms with Crippen LogP contribution in [0.25, 0.3) is 0 Å². The predicted molar refractivity (Wildman–Crippen MR) is 45.3 cm³/mol. The van der Waals surface area contributed by atoms with E-state index in [0.717, 1.165) is 4.54 Å². The summed E-state index contributed by atoms with van der Waals surface area (Å²) >= 11 is 2.97. The molecular formula is C9H10MnNO2. The molecule has 0 fully saturated rings. The van der Waals surface area contributed by atoms with Crippen LogP contribution in [0, 0.1) is 19.7 Å². The Balaban J connectivity index is -0.000000114. The molecule has 1 aliphatic carbocycles. The van der Waals surface area contributed by atoms with E-state index in [2.05, 4.69) is 28.9 Å². The summed E-state index contributed by atoms with van der Waals surface area (Å²) in [6, 6.07) is 0. The number of hydrogen-bond acceptors (Lipinski definition) is 1. The monoisotopic (exact) mass is 219 g/mol. The minimum Gasteiger partial charge on any atom is -0.0767 e. The summed E-state index contributed by atoms with van der Waals surface area (Å²) in [6.45, 7) is 10.8. The van der Waals surface area contributed by atoms with E-state index in [1.165, 1.54) is 0 Å². The van der Waals surface area contributed by atoms with Gasteiger partial charge in [0.2, 0.25) is 0 Å². The van der Waals surface area contributed by atoms with Gasteiger partial charge in [-0.2, -0.15) is 0 Å². The van der Waals surface area contributed by atoms with Gasteiger partial charge < -0.3 is 0 Å². The van der Waals surface area contributed by atoms with Gasteiger partial charge in [-0.25, -0.2) is 0 Å². The van der Waals surface area contributed by atoms with Crippen molar-refractivity contribution in [3.63, 3.8) is 0 Å². The molecule has 0 bridgehead atoms. The molecule has 0 aromatic carbocycles. The fourth-order valence-electron chi connectivity index (χ4n) is 0.321. The molecule has 0 aromatic heterocycles. The van der Waals surface area contributed by atoms with Crippen LogP contribution < -0.4 is 5.73 Å². The molecule has 1 rings (SSSR count). The van der Waals surface area contributed by atoms with Crippen molar-refractivity contribution in [2.45, 2.75) is 6.92 Å². The van der Waals surface area contributed by atoms with E-state index in [9.17, 15) is 0 Å². The standard InChI is InChI=1S/C5H5.C2H5N.2CO.Mn/c1-2-4-5-3-1;1-2-3;2*1-2;/h1-5H;3H2,1H3;;;. The number of nitrogens with two attached hydrogens (primary N) is 1. The van der Waals surface area contributed by atoms with Crippen LogP contribution in [0.3, 0.4) is 0 Å². The van der Waals surface area contributed by atoms with Crippen molar-refractivity contribution < 1.29 is 24.9 Å². The van der Waals surface area contributed by atoms with Crippen molar-refractivity contribution in [1.29, 1.82) is 0 Å². The van der Waals surface area contributed by atoms with Gasteiger partial charge in [0, 0.05) is 6.42 Å². The first-order chi connectivity index (χ1) is 6.23. The molecule has 0 amide bonds.